The molecule has 1 saturated heterocycles. The minimum Gasteiger partial charge on any atom is -0.497 e. The molecule has 1 N–H and O–H groups in total. The Balaban J connectivity index is 1.56. The van der Waals surface area contributed by atoms with Crippen LogP contribution in [0.4, 0.5) is 16.2 Å². The number of hydrogen-bond acceptors (Lipinski definition) is 9. The van der Waals surface area contributed by atoms with E-state index in [2.05, 4.69) is 5.32 Å². The van der Waals surface area contributed by atoms with Crippen molar-refractivity contribution in [2.24, 2.45) is 0 Å². The number of amides is 4. The molecule has 0 spiro atoms. The highest BCUT2D eigenvalue weighted by atomic mass is 16.6. The smallest absolute Gasteiger partial charge is 0.336 e. The van der Waals surface area contributed by atoms with E-state index in [1.54, 1.807) is 19.1 Å². The topological polar surface area (TPSA) is 154 Å². The molecule has 4 amide bonds. The van der Waals surface area contributed by atoms with Crippen molar-refractivity contribution in [2.45, 2.75) is 6.92 Å². The number of rotatable bonds is 9. The number of nitro benzene ring substituents is 1. The number of nitro groups is 1. The quantitative estimate of drug-likeness (QED) is 0.101. The van der Waals surface area contributed by atoms with Gasteiger partial charge in [-0.05, 0) is 66.6 Å². The molecule has 1 aliphatic heterocycles. The second kappa shape index (κ2) is 12.4. The van der Waals surface area contributed by atoms with E-state index in [1.807, 2.05) is 0 Å². The number of carbonyl (C=O) groups is 4. The first-order valence-electron chi connectivity index (χ1n) is 12.2. The molecule has 3 aromatic carbocycles. The fourth-order valence-electron chi connectivity index (χ4n) is 3.79. The summed E-state index contributed by atoms with van der Waals surface area (Å²) in [6.07, 6.45) is 3.88. The Labute approximate surface area is 233 Å². The number of ether oxygens (including phenoxy) is 3. The largest absolute Gasteiger partial charge is 0.497 e. The summed E-state index contributed by atoms with van der Waals surface area (Å²) in [6.45, 7) is 1.95. The average Bonchev–Trinajstić information content (AvgIpc) is 2.95. The number of esters is 1. The minimum absolute atomic E-state index is 0.0758. The van der Waals surface area contributed by atoms with Gasteiger partial charge >= 0.3 is 12.0 Å². The van der Waals surface area contributed by atoms with E-state index in [9.17, 15) is 29.3 Å². The van der Waals surface area contributed by atoms with Gasteiger partial charge in [0, 0.05) is 24.3 Å². The van der Waals surface area contributed by atoms with Gasteiger partial charge in [0.15, 0.2) is 11.5 Å². The summed E-state index contributed by atoms with van der Waals surface area (Å²) in [5, 5.41) is 12.9. The van der Waals surface area contributed by atoms with Crippen molar-refractivity contribution in [3.8, 4) is 17.2 Å². The van der Waals surface area contributed by atoms with Gasteiger partial charge in [0.05, 0.1) is 24.3 Å². The summed E-state index contributed by atoms with van der Waals surface area (Å²) in [4.78, 5) is 61.8. The lowest BCUT2D eigenvalue weighted by Gasteiger charge is -2.26. The van der Waals surface area contributed by atoms with E-state index in [1.165, 1.54) is 73.9 Å². The second-order valence-electron chi connectivity index (χ2n) is 8.40. The fraction of sp³-hybridized carbons (Fsp3) is 0.103. The molecule has 0 aliphatic carbocycles. The van der Waals surface area contributed by atoms with Crippen LogP contribution in [0.3, 0.4) is 0 Å². The van der Waals surface area contributed by atoms with E-state index in [4.69, 9.17) is 14.2 Å². The maximum atomic E-state index is 13.2. The van der Waals surface area contributed by atoms with Crippen LogP contribution in [-0.4, -0.2) is 42.5 Å². The summed E-state index contributed by atoms with van der Waals surface area (Å²) in [5.41, 5.74) is 0.757. The average molecular weight is 558 g/mol. The lowest BCUT2D eigenvalue weighted by atomic mass is 10.1. The fourth-order valence-corrected chi connectivity index (χ4v) is 3.79. The summed E-state index contributed by atoms with van der Waals surface area (Å²) >= 11 is 0. The summed E-state index contributed by atoms with van der Waals surface area (Å²) < 4.78 is 16.1. The zero-order chi connectivity index (χ0) is 29.5. The Kier molecular flexibility index (Phi) is 8.53. The predicted molar refractivity (Wildman–Crippen MR) is 147 cm³/mol. The summed E-state index contributed by atoms with van der Waals surface area (Å²) in [5.74, 6) is -1.77. The monoisotopic (exact) mass is 557 g/mol. The Morgan fingerprint density at radius 1 is 1.00 bits per heavy atom. The Morgan fingerprint density at radius 3 is 2.41 bits per heavy atom. The molecule has 41 heavy (non-hydrogen) atoms. The molecule has 1 fully saturated rings. The summed E-state index contributed by atoms with van der Waals surface area (Å²) in [6, 6.07) is 15.4. The number of barbiturate groups is 1. The third kappa shape index (κ3) is 6.63. The molecular formula is C29H23N3O9. The Hall–Kier alpha value is -5.78. The first-order valence-corrected chi connectivity index (χ1v) is 12.2. The van der Waals surface area contributed by atoms with Crippen molar-refractivity contribution in [3.05, 3.63) is 99.6 Å². The van der Waals surface area contributed by atoms with Crippen LogP contribution in [0.25, 0.3) is 12.2 Å². The Morgan fingerprint density at radius 2 is 1.73 bits per heavy atom. The molecule has 1 aliphatic rings. The van der Waals surface area contributed by atoms with Crippen LogP contribution < -0.4 is 24.4 Å². The minimum atomic E-state index is -0.899. The number of carbonyl (C=O) groups excluding carboxylic acids is 4. The highest BCUT2D eigenvalue weighted by molar-refractivity contribution is 6.39. The molecule has 1 heterocycles. The van der Waals surface area contributed by atoms with Crippen molar-refractivity contribution in [1.82, 2.24) is 5.32 Å². The maximum absolute atomic E-state index is 13.2. The first kappa shape index (κ1) is 28.2. The van der Waals surface area contributed by atoms with Crippen molar-refractivity contribution in [3.63, 3.8) is 0 Å². The van der Waals surface area contributed by atoms with Gasteiger partial charge < -0.3 is 14.2 Å². The molecule has 0 radical (unpaired) electrons. The maximum Gasteiger partial charge on any atom is 0.336 e. The second-order valence-corrected chi connectivity index (χ2v) is 8.40. The van der Waals surface area contributed by atoms with E-state index in [0.29, 0.717) is 16.9 Å². The molecule has 208 valence electrons. The van der Waals surface area contributed by atoms with E-state index in [0.717, 1.165) is 11.0 Å². The third-order valence-corrected chi connectivity index (χ3v) is 5.72. The highest BCUT2D eigenvalue weighted by Gasteiger charge is 2.37. The number of nitrogens with one attached hydrogen (secondary N) is 1. The van der Waals surface area contributed by atoms with Gasteiger partial charge in [-0.3, -0.25) is 25.0 Å². The molecule has 12 heteroatoms. The molecule has 0 unspecified atom stereocenters. The van der Waals surface area contributed by atoms with Gasteiger partial charge in [0.25, 0.3) is 17.5 Å². The molecule has 0 saturated carbocycles. The number of benzene rings is 3. The van der Waals surface area contributed by atoms with Crippen LogP contribution in [0.2, 0.25) is 0 Å². The number of urea groups is 1. The van der Waals surface area contributed by atoms with Crippen LogP contribution in [0.1, 0.15) is 18.1 Å². The van der Waals surface area contributed by atoms with Crippen LogP contribution in [-0.2, 0) is 14.4 Å². The van der Waals surface area contributed by atoms with Crippen molar-refractivity contribution >= 4 is 47.3 Å². The van der Waals surface area contributed by atoms with Gasteiger partial charge in [-0.25, -0.2) is 14.5 Å². The highest BCUT2D eigenvalue weighted by Crippen LogP contribution is 2.31. The van der Waals surface area contributed by atoms with Gasteiger partial charge in [0.2, 0.25) is 0 Å². The van der Waals surface area contributed by atoms with Crippen LogP contribution in [0.15, 0.2) is 78.4 Å². The van der Waals surface area contributed by atoms with Crippen molar-refractivity contribution in [1.29, 1.82) is 0 Å². The normalized spacial score (nSPS) is 14.2. The van der Waals surface area contributed by atoms with Gasteiger partial charge in [-0.15, -0.1) is 0 Å². The lowest BCUT2D eigenvalue weighted by molar-refractivity contribution is -0.384. The number of methoxy groups -OCH3 is 1. The molecule has 4 rings (SSSR count). The van der Waals surface area contributed by atoms with Crippen molar-refractivity contribution in [2.75, 3.05) is 18.6 Å². The van der Waals surface area contributed by atoms with Gasteiger partial charge in [-0.1, -0.05) is 12.1 Å². The van der Waals surface area contributed by atoms with E-state index < -0.39 is 28.7 Å². The van der Waals surface area contributed by atoms with E-state index >= 15 is 0 Å². The SMILES string of the molecule is CCOc1cc(/C=C2\C(=O)NC(=O)N(c3cccc(OC)c3)C2=O)ccc1OC(=O)/C=C/c1ccc([N+](=O)[O-])cc1. The lowest BCUT2D eigenvalue weighted by Crippen LogP contribution is -2.54. The standard InChI is InChI=1S/C29H23N3O9/c1-3-40-25-16-19(9-13-24(25)41-26(33)14-10-18-7-11-20(12-8-18)32(37)38)15-23-27(34)30-29(36)31(28(23)35)21-5-4-6-22(17-21)39-2/h4-17H,3H2,1-2H3,(H,30,34,36)/b14-10+,23-15+. The van der Waals surface area contributed by atoms with Crippen LogP contribution in [0.5, 0.6) is 17.2 Å². The zero-order valence-corrected chi connectivity index (χ0v) is 21.9. The molecular weight excluding hydrogens is 534 g/mol. The number of anilines is 1. The molecule has 0 bridgehead atoms. The number of hydrogen-bond donors (Lipinski definition) is 1. The van der Waals surface area contributed by atoms with E-state index in [-0.39, 0.29) is 35.1 Å². The van der Waals surface area contributed by atoms with Crippen LogP contribution >= 0.6 is 0 Å². The Bertz CT molecular complexity index is 1590. The summed E-state index contributed by atoms with van der Waals surface area (Å²) in [7, 11) is 1.44. The van der Waals surface area contributed by atoms with Crippen LogP contribution in [0, 0.1) is 10.1 Å². The number of non-ortho nitro benzene ring substituents is 1. The van der Waals surface area contributed by atoms with Crippen molar-refractivity contribution < 1.29 is 38.3 Å². The predicted octanol–water partition coefficient (Wildman–Crippen LogP) is 4.29. The van der Waals surface area contributed by atoms with Gasteiger partial charge in [-0.2, -0.15) is 0 Å². The molecule has 0 aromatic heterocycles. The van der Waals surface area contributed by atoms with Gasteiger partial charge in [0.1, 0.15) is 11.3 Å². The zero-order valence-electron chi connectivity index (χ0n) is 21.9. The molecule has 3 aromatic rings. The molecule has 12 nitrogen and oxygen atoms in total. The number of nitrogens with zero attached hydrogens (tertiary/aromatic N) is 2. The molecule has 0 atom stereocenters. The third-order valence-electron chi connectivity index (χ3n) is 5.72. The first-order chi connectivity index (χ1) is 19.7. The number of imide groups is 2.